The number of nitrogens with zero attached hydrogens (tertiary/aromatic N) is 1. The summed E-state index contributed by atoms with van der Waals surface area (Å²) < 4.78 is 5.09. The minimum Gasteiger partial charge on any atom is -0.497 e. The van der Waals surface area contributed by atoms with Crippen molar-refractivity contribution < 1.29 is 14.6 Å². The van der Waals surface area contributed by atoms with Gasteiger partial charge in [0.25, 0.3) is 5.91 Å². The molecule has 1 aromatic carbocycles. The van der Waals surface area contributed by atoms with Crippen molar-refractivity contribution in [2.24, 2.45) is 0 Å². The summed E-state index contributed by atoms with van der Waals surface area (Å²) in [5.41, 5.74) is 0.654. The van der Waals surface area contributed by atoms with Crippen LogP contribution in [-0.4, -0.2) is 42.2 Å². The number of rotatable bonds is 5. The normalized spacial score (nSPS) is 15.5. The highest BCUT2D eigenvalue weighted by atomic mass is 16.5. The second-order valence-electron chi connectivity index (χ2n) is 4.89. The van der Waals surface area contributed by atoms with E-state index >= 15 is 0 Å². The minimum atomic E-state index is 0.00334. The van der Waals surface area contributed by atoms with E-state index in [2.05, 4.69) is 0 Å². The fourth-order valence-electron chi connectivity index (χ4n) is 2.67. The summed E-state index contributed by atoms with van der Waals surface area (Å²) in [4.78, 5) is 14.3. The lowest BCUT2D eigenvalue weighted by molar-refractivity contribution is 0.0638. The third-order valence-corrected chi connectivity index (χ3v) is 3.70. The molecule has 2 rings (SSSR count). The Morgan fingerprint density at radius 1 is 1.32 bits per heavy atom. The van der Waals surface area contributed by atoms with Crippen LogP contribution in [0.2, 0.25) is 0 Å². The monoisotopic (exact) mass is 263 g/mol. The van der Waals surface area contributed by atoms with Gasteiger partial charge >= 0.3 is 0 Å². The highest BCUT2D eigenvalue weighted by molar-refractivity contribution is 5.94. The van der Waals surface area contributed by atoms with Crippen LogP contribution in [0.15, 0.2) is 24.3 Å². The number of hydrogen-bond donors (Lipinski definition) is 1. The van der Waals surface area contributed by atoms with Gasteiger partial charge in [0.1, 0.15) is 5.75 Å². The van der Waals surface area contributed by atoms with Crippen LogP contribution in [0.1, 0.15) is 36.0 Å². The molecule has 0 saturated heterocycles. The zero-order chi connectivity index (χ0) is 13.7. The van der Waals surface area contributed by atoms with Crippen molar-refractivity contribution in [1.82, 2.24) is 4.90 Å². The highest BCUT2D eigenvalue weighted by Gasteiger charge is 2.26. The lowest BCUT2D eigenvalue weighted by atomic mass is 10.1. The third-order valence-electron chi connectivity index (χ3n) is 3.70. The van der Waals surface area contributed by atoms with Gasteiger partial charge < -0.3 is 14.7 Å². The number of methoxy groups -OCH3 is 1. The maximum atomic E-state index is 12.5. The van der Waals surface area contributed by atoms with E-state index in [1.54, 1.807) is 31.4 Å². The SMILES string of the molecule is COc1ccc(C(=O)N(CCO)C2CCCC2)cc1. The first-order valence-electron chi connectivity index (χ1n) is 6.82. The Balaban J connectivity index is 2.12. The minimum absolute atomic E-state index is 0.00334. The van der Waals surface area contributed by atoms with Gasteiger partial charge in [-0.1, -0.05) is 12.8 Å². The zero-order valence-corrected chi connectivity index (χ0v) is 11.3. The number of hydrogen-bond acceptors (Lipinski definition) is 3. The molecule has 0 aliphatic heterocycles. The van der Waals surface area contributed by atoms with Crippen molar-refractivity contribution in [2.45, 2.75) is 31.7 Å². The van der Waals surface area contributed by atoms with Gasteiger partial charge in [-0.25, -0.2) is 0 Å². The molecule has 1 saturated carbocycles. The first-order chi connectivity index (χ1) is 9.26. The molecule has 0 atom stereocenters. The first kappa shape index (κ1) is 13.9. The average Bonchev–Trinajstić information content (AvgIpc) is 2.98. The highest BCUT2D eigenvalue weighted by Crippen LogP contribution is 2.25. The maximum Gasteiger partial charge on any atom is 0.254 e. The van der Waals surface area contributed by atoms with Crippen molar-refractivity contribution in [1.29, 1.82) is 0 Å². The van der Waals surface area contributed by atoms with Crippen LogP contribution in [-0.2, 0) is 0 Å². The zero-order valence-electron chi connectivity index (χ0n) is 11.3. The first-order valence-corrected chi connectivity index (χ1v) is 6.82. The predicted molar refractivity (Wildman–Crippen MR) is 73.4 cm³/mol. The largest absolute Gasteiger partial charge is 0.497 e. The summed E-state index contributed by atoms with van der Waals surface area (Å²) >= 11 is 0. The number of aliphatic hydroxyl groups excluding tert-OH is 1. The van der Waals surface area contributed by atoms with E-state index in [0.717, 1.165) is 18.6 Å². The Bertz CT molecular complexity index is 410. The predicted octanol–water partition coefficient (Wildman–Crippen LogP) is 2.07. The van der Waals surface area contributed by atoms with E-state index in [-0.39, 0.29) is 18.6 Å². The Morgan fingerprint density at radius 2 is 1.95 bits per heavy atom. The topological polar surface area (TPSA) is 49.8 Å². The van der Waals surface area contributed by atoms with Crippen LogP contribution in [0.4, 0.5) is 0 Å². The molecule has 1 aliphatic rings. The summed E-state index contributed by atoms with van der Waals surface area (Å²) in [7, 11) is 1.60. The Hall–Kier alpha value is -1.55. The van der Waals surface area contributed by atoms with Crippen molar-refractivity contribution in [3.8, 4) is 5.75 Å². The smallest absolute Gasteiger partial charge is 0.254 e. The third kappa shape index (κ3) is 3.26. The fourth-order valence-corrected chi connectivity index (χ4v) is 2.67. The van der Waals surface area contributed by atoms with Crippen molar-refractivity contribution in [3.63, 3.8) is 0 Å². The second kappa shape index (κ2) is 6.57. The van der Waals surface area contributed by atoms with Crippen LogP contribution in [0, 0.1) is 0 Å². The molecule has 0 radical (unpaired) electrons. The van der Waals surface area contributed by atoms with E-state index in [9.17, 15) is 4.79 Å². The molecule has 1 amide bonds. The molecule has 1 aromatic rings. The van der Waals surface area contributed by atoms with Crippen LogP contribution in [0.3, 0.4) is 0 Å². The van der Waals surface area contributed by atoms with Crippen molar-refractivity contribution >= 4 is 5.91 Å². The van der Waals surface area contributed by atoms with Gasteiger partial charge in [0.05, 0.1) is 13.7 Å². The Morgan fingerprint density at radius 3 is 2.47 bits per heavy atom. The molecular weight excluding hydrogens is 242 g/mol. The van der Waals surface area contributed by atoms with Crippen LogP contribution >= 0.6 is 0 Å². The lowest BCUT2D eigenvalue weighted by Crippen LogP contribution is -2.40. The Kier molecular flexibility index (Phi) is 4.80. The van der Waals surface area contributed by atoms with Crippen molar-refractivity contribution in [3.05, 3.63) is 29.8 Å². The van der Waals surface area contributed by atoms with Gasteiger partial charge in [0.15, 0.2) is 0 Å². The van der Waals surface area contributed by atoms with Gasteiger partial charge in [-0.15, -0.1) is 0 Å². The molecule has 0 bridgehead atoms. The van der Waals surface area contributed by atoms with Crippen molar-refractivity contribution in [2.75, 3.05) is 20.3 Å². The number of benzene rings is 1. The number of aliphatic hydroxyl groups is 1. The molecule has 104 valence electrons. The summed E-state index contributed by atoms with van der Waals surface area (Å²) in [5, 5.41) is 9.16. The number of amides is 1. The van der Waals surface area contributed by atoms with Gasteiger partial charge in [0.2, 0.25) is 0 Å². The van der Waals surface area contributed by atoms with E-state index in [4.69, 9.17) is 9.84 Å². The standard InChI is InChI=1S/C15H21NO3/c1-19-14-8-6-12(7-9-14)15(18)16(10-11-17)13-4-2-3-5-13/h6-9,13,17H,2-5,10-11H2,1H3. The van der Waals surface area contributed by atoms with Gasteiger partial charge in [0, 0.05) is 18.2 Å². The number of carbonyl (C=O) groups excluding carboxylic acids is 1. The van der Waals surface area contributed by atoms with E-state index in [1.165, 1.54) is 12.8 Å². The van der Waals surface area contributed by atoms with Gasteiger partial charge in [-0.2, -0.15) is 0 Å². The summed E-state index contributed by atoms with van der Waals surface area (Å²) in [6.07, 6.45) is 4.43. The second-order valence-corrected chi connectivity index (χ2v) is 4.89. The summed E-state index contributed by atoms with van der Waals surface area (Å²) in [6, 6.07) is 7.42. The Labute approximate surface area is 114 Å². The molecule has 1 N–H and O–H groups in total. The quantitative estimate of drug-likeness (QED) is 0.884. The lowest BCUT2D eigenvalue weighted by Gasteiger charge is -2.28. The molecule has 1 aliphatic carbocycles. The van der Waals surface area contributed by atoms with E-state index < -0.39 is 0 Å². The molecule has 0 aromatic heterocycles. The molecule has 0 spiro atoms. The summed E-state index contributed by atoms with van der Waals surface area (Å²) in [6.45, 7) is 0.425. The van der Waals surface area contributed by atoms with E-state index in [0.29, 0.717) is 12.1 Å². The molecule has 4 nitrogen and oxygen atoms in total. The molecule has 19 heavy (non-hydrogen) atoms. The average molecular weight is 263 g/mol. The molecule has 1 fully saturated rings. The number of ether oxygens (including phenoxy) is 1. The number of carbonyl (C=O) groups is 1. The summed E-state index contributed by atoms with van der Waals surface area (Å²) in [5.74, 6) is 0.745. The fraction of sp³-hybridized carbons (Fsp3) is 0.533. The van der Waals surface area contributed by atoms with Gasteiger partial charge in [-0.05, 0) is 37.1 Å². The van der Waals surface area contributed by atoms with Gasteiger partial charge in [-0.3, -0.25) is 4.79 Å². The maximum absolute atomic E-state index is 12.5. The molecule has 0 unspecified atom stereocenters. The molecular formula is C15H21NO3. The van der Waals surface area contributed by atoms with Crippen LogP contribution in [0.25, 0.3) is 0 Å². The van der Waals surface area contributed by atoms with Crippen LogP contribution < -0.4 is 4.74 Å². The van der Waals surface area contributed by atoms with E-state index in [1.807, 2.05) is 4.90 Å². The molecule has 0 heterocycles. The van der Waals surface area contributed by atoms with Crippen LogP contribution in [0.5, 0.6) is 5.75 Å². The molecule has 4 heteroatoms.